The molecule has 0 radical (unpaired) electrons. The molecule has 0 fully saturated rings. The second-order valence-corrected chi connectivity index (χ2v) is 3.56. The number of rotatable bonds is 3. The van der Waals surface area contributed by atoms with Crippen LogP contribution in [-0.4, -0.2) is 17.0 Å². The minimum Gasteiger partial charge on any atom is -0.476 e. The molecule has 82 valence electrons. The lowest BCUT2D eigenvalue weighted by molar-refractivity contribution is -0.387. The summed E-state index contributed by atoms with van der Waals surface area (Å²) in [6.45, 7) is 0. The first-order chi connectivity index (χ1) is 6.97. The van der Waals surface area contributed by atoms with Gasteiger partial charge in [0.1, 0.15) is 9.26 Å². The molecule has 0 atom stereocenters. The summed E-state index contributed by atoms with van der Waals surface area (Å²) < 4.78 is 29.8. The number of nitrogens with zero attached hydrogens (tertiary/aromatic N) is 2. The van der Waals surface area contributed by atoms with E-state index in [-0.39, 0.29) is 3.70 Å². The third-order valence-electron chi connectivity index (χ3n) is 1.57. The fraction of sp³-hybridized carbons (Fsp3) is 0.286. The Hall–Kier alpha value is -1.06. The molecular formula is C7H5F2IN2O3. The first kappa shape index (κ1) is 12.0. The molecule has 0 saturated carbocycles. The van der Waals surface area contributed by atoms with E-state index in [4.69, 9.17) is 0 Å². The molecule has 0 aliphatic rings. The van der Waals surface area contributed by atoms with Crippen LogP contribution in [0.3, 0.4) is 0 Å². The highest BCUT2D eigenvalue weighted by molar-refractivity contribution is 14.1. The summed E-state index contributed by atoms with van der Waals surface area (Å²) >= 11 is 1.68. The highest BCUT2D eigenvalue weighted by atomic mass is 127. The van der Waals surface area contributed by atoms with Crippen molar-refractivity contribution in [3.63, 3.8) is 0 Å². The molecule has 1 aromatic heterocycles. The van der Waals surface area contributed by atoms with Crippen LogP contribution in [-0.2, 0) is 0 Å². The number of nitro groups is 1. The summed E-state index contributed by atoms with van der Waals surface area (Å²) in [7, 11) is 1.14. The van der Waals surface area contributed by atoms with Crippen molar-refractivity contribution in [3.8, 4) is 5.88 Å². The maximum atomic E-state index is 12.5. The lowest BCUT2D eigenvalue weighted by Crippen LogP contribution is -2.03. The lowest BCUT2D eigenvalue weighted by atomic mass is 10.2. The van der Waals surface area contributed by atoms with E-state index in [1.165, 1.54) is 0 Å². The predicted molar refractivity (Wildman–Crippen MR) is 55.1 cm³/mol. The van der Waals surface area contributed by atoms with Crippen molar-refractivity contribution in [1.29, 1.82) is 0 Å². The smallest absolute Gasteiger partial charge is 0.339 e. The zero-order chi connectivity index (χ0) is 11.6. The SMILES string of the molecule is COc1nc(I)cc(C(F)F)c1[N+](=O)[O-]. The maximum absolute atomic E-state index is 12.5. The molecule has 1 heterocycles. The fourth-order valence-electron chi connectivity index (χ4n) is 0.995. The topological polar surface area (TPSA) is 65.3 Å². The number of ether oxygens (including phenoxy) is 1. The highest BCUT2D eigenvalue weighted by Crippen LogP contribution is 2.35. The molecule has 0 saturated heterocycles. The highest BCUT2D eigenvalue weighted by Gasteiger charge is 2.28. The first-order valence-electron chi connectivity index (χ1n) is 3.64. The van der Waals surface area contributed by atoms with E-state index in [9.17, 15) is 18.9 Å². The Labute approximate surface area is 96.7 Å². The van der Waals surface area contributed by atoms with Crippen LogP contribution in [0.1, 0.15) is 12.0 Å². The van der Waals surface area contributed by atoms with Gasteiger partial charge >= 0.3 is 5.69 Å². The monoisotopic (exact) mass is 330 g/mol. The second-order valence-electron chi connectivity index (χ2n) is 2.45. The molecule has 0 bridgehead atoms. The van der Waals surface area contributed by atoms with Gasteiger partial charge in [0.05, 0.1) is 12.0 Å². The van der Waals surface area contributed by atoms with Gasteiger partial charge in [-0.1, -0.05) is 0 Å². The average molecular weight is 330 g/mol. The standard InChI is InChI=1S/C7H5F2IN2O3/c1-15-7-5(12(13)14)3(6(8)9)2-4(10)11-7/h2,6H,1H3. The normalized spacial score (nSPS) is 10.5. The molecule has 1 rings (SSSR count). The van der Waals surface area contributed by atoms with Gasteiger partial charge in [0.15, 0.2) is 0 Å². The van der Waals surface area contributed by atoms with Gasteiger partial charge in [0.25, 0.3) is 12.3 Å². The van der Waals surface area contributed by atoms with Gasteiger partial charge in [-0.2, -0.15) is 0 Å². The summed E-state index contributed by atoms with van der Waals surface area (Å²) in [4.78, 5) is 13.3. The van der Waals surface area contributed by atoms with Gasteiger partial charge in [0.2, 0.25) is 0 Å². The van der Waals surface area contributed by atoms with Crippen molar-refractivity contribution in [3.05, 3.63) is 25.4 Å². The molecule has 0 unspecified atom stereocenters. The Morgan fingerprint density at radius 1 is 1.67 bits per heavy atom. The Balaban J connectivity index is 3.47. The Kier molecular flexibility index (Phi) is 3.72. The van der Waals surface area contributed by atoms with Crippen LogP contribution >= 0.6 is 22.6 Å². The molecule has 0 aromatic carbocycles. The van der Waals surface area contributed by atoms with E-state index in [2.05, 4.69) is 9.72 Å². The summed E-state index contributed by atoms with van der Waals surface area (Å²) in [6.07, 6.45) is -2.93. The zero-order valence-corrected chi connectivity index (χ0v) is 9.57. The van der Waals surface area contributed by atoms with E-state index in [1.54, 1.807) is 22.6 Å². The summed E-state index contributed by atoms with van der Waals surface area (Å²) in [5.74, 6) is -0.401. The van der Waals surface area contributed by atoms with Crippen LogP contribution in [0.5, 0.6) is 5.88 Å². The maximum Gasteiger partial charge on any atom is 0.339 e. The van der Waals surface area contributed by atoms with E-state index in [0.717, 1.165) is 13.2 Å². The molecule has 5 nitrogen and oxygen atoms in total. The van der Waals surface area contributed by atoms with Crippen molar-refractivity contribution in [2.24, 2.45) is 0 Å². The molecule has 8 heteroatoms. The molecule has 0 spiro atoms. The van der Waals surface area contributed by atoms with Crippen LogP contribution in [0.25, 0.3) is 0 Å². The van der Waals surface area contributed by atoms with Gasteiger partial charge < -0.3 is 4.74 Å². The van der Waals surface area contributed by atoms with Gasteiger partial charge in [-0.05, 0) is 28.7 Å². The van der Waals surface area contributed by atoms with Gasteiger partial charge in [0, 0.05) is 0 Å². The summed E-state index contributed by atoms with van der Waals surface area (Å²) in [6, 6.07) is 0.964. The van der Waals surface area contributed by atoms with Crippen LogP contribution in [0, 0.1) is 13.8 Å². The Bertz CT molecular complexity index is 400. The quantitative estimate of drug-likeness (QED) is 0.370. The average Bonchev–Trinajstić information content (AvgIpc) is 2.15. The number of hydrogen-bond acceptors (Lipinski definition) is 4. The van der Waals surface area contributed by atoms with Crippen molar-refractivity contribution < 1.29 is 18.4 Å². The van der Waals surface area contributed by atoms with Gasteiger partial charge in [-0.3, -0.25) is 10.1 Å². The van der Waals surface area contributed by atoms with Gasteiger partial charge in [-0.25, -0.2) is 13.8 Å². The molecule has 15 heavy (non-hydrogen) atoms. The molecule has 1 aromatic rings. The van der Waals surface area contributed by atoms with Crippen LogP contribution in [0.2, 0.25) is 0 Å². The molecule has 0 aliphatic heterocycles. The third-order valence-corrected chi connectivity index (χ3v) is 2.12. The summed E-state index contributed by atoms with van der Waals surface area (Å²) in [5, 5.41) is 10.6. The van der Waals surface area contributed by atoms with E-state index in [0.29, 0.717) is 0 Å². The minimum atomic E-state index is -2.93. The van der Waals surface area contributed by atoms with Crippen LogP contribution in [0.4, 0.5) is 14.5 Å². The van der Waals surface area contributed by atoms with Crippen molar-refractivity contribution in [1.82, 2.24) is 4.98 Å². The van der Waals surface area contributed by atoms with Crippen molar-refractivity contribution in [2.75, 3.05) is 7.11 Å². The Morgan fingerprint density at radius 2 is 2.27 bits per heavy atom. The second kappa shape index (κ2) is 4.64. The minimum absolute atomic E-state index is 0.213. The van der Waals surface area contributed by atoms with E-state index < -0.39 is 28.5 Å². The van der Waals surface area contributed by atoms with Crippen LogP contribution < -0.4 is 4.74 Å². The van der Waals surface area contributed by atoms with Crippen molar-refractivity contribution >= 4 is 28.3 Å². The number of pyridine rings is 1. The lowest BCUT2D eigenvalue weighted by Gasteiger charge is -2.05. The third kappa shape index (κ3) is 2.49. The molecule has 0 amide bonds. The zero-order valence-electron chi connectivity index (χ0n) is 7.41. The fourth-order valence-corrected chi connectivity index (χ4v) is 1.55. The summed E-state index contributed by atoms with van der Waals surface area (Å²) in [5.41, 5.74) is -1.47. The number of methoxy groups -OCH3 is 1. The number of aromatic nitrogens is 1. The molecule has 0 aliphatic carbocycles. The van der Waals surface area contributed by atoms with Gasteiger partial charge in [-0.15, -0.1) is 0 Å². The largest absolute Gasteiger partial charge is 0.476 e. The predicted octanol–water partition coefficient (Wildman–Crippen LogP) is 2.54. The number of alkyl halides is 2. The number of halogens is 3. The van der Waals surface area contributed by atoms with E-state index >= 15 is 0 Å². The molecule has 0 N–H and O–H groups in total. The molecular weight excluding hydrogens is 325 g/mol. The van der Waals surface area contributed by atoms with Crippen molar-refractivity contribution in [2.45, 2.75) is 6.43 Å². The van der Waals surface area contributed by atoms with E-state index in [1.807, 2.05) is 0 Å². The Morgan fingerprint density at radius 3 is 2.67 bits per heavy atom. The first-order valence-corrected chi connectivity index (χ1v) is 4.72. The van der Waals surface area contributed by atoms with Crippen LogP contribution in [0.15, 0.2) is 6.07 Å². The number of hydrogen-bond donors (Lipinski definition) is 0.